The molecule has 0 saturated carbocycles. The van der Waals surface area contributed by atoms with E-state index < -0.39 is 102 Å². The van der Waals surface area contributed by atoms with E-state index in [4.69, 9.17) is 42.6 Å². The molecule has 2 heterocycles. The minimum Gasteiger partial charge on any atom is -0.442 e. The second-order valence-electron chi connectivity index (χ2n) is 32.9. The Morgan fingerprint density at radius 3 is 1.90 bits per heavy atom. The van der Waals surface area contributed by atoms with Gasteiger partial charge in [-0.05, 0) is 112 Å². The van der Waals surface area contributed by atoms with Crippen LogP contribution in [0.3, 0.4) is 0 Å². The number of allylic oxidation sites excluding steroid dienone is 1. The molecule has 2 saturated heterocycles. The molecule has 1 aliphatic carbocycles. The third-order valence-corrected chi connectivity index (χ3v) is 22.4. The lowest BCUT2D eigenvalue weighted by atomic mass is 9.78. The quantitative estimate of drug-likeness (QED) is 0.0232. The van der Waals surface area contributed by atoms with Gasteiger partial charge in [-0.25, -0.2) is 4.79 Å². The Kier molecular flexibility index (Phi) is 45.5. The summed E-state index contributed by atoms with van der Waals surface area (Å²) < 4.78 is 51.2. The lowest BCUT2D eigenvalue weighted by Gasteiger charge is -2.41. The van der Waals surface area contributed by atoms with E-state index >= 15 is 0 Å². The molecule has 1 aromatic carbocycles. The number of ketones is 2. The second-order valence-corrected chi connectivity index (χ2v) is 32.9. The molecule has 4 rings (SSSR count). The number of aliphatic hydroxyl groups is 1. The first-order valence-corrected chi connectivity index (χ1v) is 41.6. The molecule has 3 aliphatic rings. The first kappa shape index (κ1) is 99.5. The van der Waals surface area contributed by atoms with Gasteiger partial charge in [0.15, 0.2) is 5.78 Å². The average Bonchev–Trinajstić information content (AvgIpc) is 1.73. The minimum absolute atomic E-state index is 0.0255. The highest BCUT2D eigenvalue weighted by atomic mass is 16.6. The summed E-state index contributed by atoms with van der Waals surface area (Å²) in [5.74, 6) is -4.63. The number of carbonyl (C=O) groups excluding carboxylic acids is 11. The Balaban J connectivity index is 1.22. The molecule has 14 atom stereocenters. The Bertz CT molecular complexity index is 3150. The van der Waals surface area contributed by atoms with Crippen LogP contribution in [0.5, 0.6) is 0 Å². The molecule has 114 heavy (non-hydrogen) atoms. The normalized spacial score (nSPS) is 20.3. The maximum atomic E-state index is 14.9. The van der Waals surface area contributed by atoms with E-state index in [2.05, 4.69) is 21.3 Å². The lowest BCUT2D eigenvalue weighted by Crippen LogP contribution is -2.60. The summed E-state index contributed by atoms with van der Waals surface area (Å²) in [4.78, 5) is 156. The van der Waals surface area contributed by atoms with Crippen LogP contribution in [0.2, 0.25) is 0 Å². The molecule has 5 N–H and O–H groups in total. The van der Waals surface area contributed by atoms with Crippen molar-refractivity contribution in [1.29, 1.82) is 0 Å². The molecule has 9 amide bonds. The van der Waals surface area contributed by atoms with Gasteiger partial charge in [0.1, 0.15) is 24.0 Å². The van der Waals surface area contributed by atoms with Gasteiger partial charge in [-0.15, -0.1) is 0 Å². The molecule has 29 nitrogen and oxygen atoms in total. The maximum absolute atomic E-state index is 14.9. The summed E-state index contributed by atoms with van der Waals surface area (Å²) in [5.41, 5.74) is -0.471. The van der Waals surface area contributed by atoms with Crippen LogP contribution in [-0.4, -0.2) is 272 Å². The van der Waals surface area contributed by atoms with Gasteiger partial charge >= 0.3 is 6.09 Å². The maximum Gasteiger partial charge on any atom is 0.410 e. The fourth-order valence-electron chi connectivity index (χ4n) is 15.1. The highest BCUT2D eigenvalue weighted by Gasteiger charge is 2.47. The number of Topliss-reactive ketones (excluding diaryl/α,β-unsaturated/α-hetero) is 2. The summed E-state index contributed by atoms with van der Waals surface area (Å²) in [5, 5.41) is 22.9. The molecular formula is C85H142N8O21. The molecule has 0 radical (unpaired) electrons. The first-order chi connectivity index (χ1) is 54.2. The number of likely N-dealkylation sites (N-methyl/N-ethyl adjacent to an activating group) is 2. The van der Waals surface area contributed by atoms with Crippen molar-refractivity contribution in [3.05, 3.63) is 48.0 Å². The molecular weight excluding hydrogens is 1470 g/mol. The summed E-state index contributed by atoms with van der Waals surface area (Å²) in [6.45, 7) is 26.8. The van der Waals surface area contributed by atoms with Crippen LogP contribution in [0.1, 0.15) is 210 Å². The van der Waals surface area contributed by atoms with Crippen molar-refractivity contribution in [2.24, 2.45) is 40.4 Å². The second kappa shape index (κ2) is 52.1. The number of nitrogens with zero attached hydrogens (tertiary/aromatic N) is 4. The Labute approximate surface area is 678 Å². The van der Waals surface area contributed by atoms with Crippen LogP contribution < -0.4 is 21.3 Å². The number of nitrogens with one attached hydrogen (secondary N) is 4. The van der Waals surface area contributed by atoms with E-state index in [0.717, 1.165) is 0 Å². The van der Waals surface area contributed by atoms with Gasteiger partial charge in [0.05, 0.1) is 120 Å². The third-order valence-electron chi connectivity index (χ3n) is 22.4. The molecule has 2 fully saturated rings. The monoisotopic (exact) mass is 1610 g/mol. The Hall–Kier alpha value is -6.83. The number of likely N-dealkylation sites (tertiary alicyclic amines) is 2. The number of carbonyl (C=O) groups is 11. The van der Waals surface area contributed by atoms with Gasteiger partial charge in [0.2, 0.25) is 47.3 Å². The lowest BCUT2D eigenvalue weighted by molar-refractivity contribution is -0.148. The standard InChI is InChI=1S/C85H142N8O21/c1-18-59(6)75(69(107-16)56-72(98)92-42-26-34-67(92)77(108-17)60(7)78(100)87-61(8)76(99)62-29-20-19-21-30-62)90(13)81(103)73(57(2)3)89-79(101)74(58(4)5)91(14)83(105)114-64-32-22-24-39-85(12,40-36-64)82(104)86-41-25-23-33-66(68(95)35-28-45-109-48-47-106-15)88-70(96)38-46-111-50-52-113-54-53-112-51-49-110-44-27-31-63(94)37-43-93-71(97)55-65(80(93)102)84(9,10)11/h19-22,29-30,32,57-61,64-67,69,73-77,99H,18,23-28,31,33-56H2,1-17H3,(H,86,104)(H,87,100)(H,88,96)(H,89,101)/b32-22+/t59-,60+,61+,64-,65?,66?,67-,69+,73-,74-,75-,76+,77+,85+/m0/s1. The van der Waals surface area contributed by atoms with E-state index in [1.807, 2.05) is 79.7 Å². The predicted octanol–water partition coefficient (Wildman–Crippen LogP) is 8.28. The Morgan fingerprint density at radius 2 is 1.32 bits per heavy atom. The molecule has 0 spiro atoms. The van der Waals surface area contributed by atoms with Crippen molar-refractivity contribution >= 4 is 64.9 Å². The van der Waals surface area contributed by atoms with Crippen molar-refractivity contribution < 1.29 is 100 Å². The number of methoxy groups -OCH3 is 3. The summed E-state index contributed by atoms with van der Waals surface area (Å²) in [7, 11) is 7.76. The third kappa shape index (κ3) is 32.9. The number of ether oxygens (including phenoxy) is 9. The molecule has 2 unspecified atom stereocenters. The Morgan fingerprint density at radius 1 is 0.693 bits per heavy atom. The number of rotatable bonds is 55. The van der Waals surface area contributed by atoms with E-state index in [1.165, 1.54) is 31.1 Å². The summed E-state index contributed by atoms with van der Waals surface area (Å²) >= 11 is 0. The average molecular weight is 1610 g/mol. The topological polar surface area (TPSA) is 352 Å². The number of imide groups is 1. The van der Waals surface area contributed by atoms with Gasteiger partial charge < -0.3 is 78.8 Å². The fraction of sp³-hybridized carbons (Fsp3) is 0.776. The summed E-state index contributed by atoms with van der Waals surface area (Å²) in [6, 6.07) is 4.57. The zero-order chi connectivity index (χ0) is 84.7. The number of amides is 9. The van der Waals surface area contributed by atoms with Crippen molar-refractivity contribution in [2.45, 2.75) is 259 Å². The van der Waals surface area contributed by atoms with Gasteiger partial charge in [-0.3, -0.25) is 57.7 Å². The van der Waals surface area contributed by atoms with Crippen LogP contribution in [0.25, 0.3) is 0 Å². The largest absolute Gasteiger partial charge is 0.442 e. The minimum atomic E-state index is -1.06. The molecule has 2 aliphatic heterocycles. The number of hydrogen-bond donors (Lipinski definition) is 5. The molecule has 648 valence electrons. The van der Waals surface area contributed by atoms with E-state index in [0.29, 0.717) is 155 Å². The van der Waals surface area contributed by atoms with Crippen LogP contribution >= 0.6 is 0 Å². The predicted molar refractivity (Wildman–Crippen MR) is 431 cm³/mol. The highest BCUT2D eigenvalue weighted by molar-refractivity contribution is 6.04. The molecule has 29 heteroatoms. The smallest absolute Gasteiger partial charge is 0.410 e. The molecule has 0 bridgehead atoms. The SMILES string of the molecule is CC[C@H](C)[C@@H]([C@@H](CC(=O)N1CCC[C@H]1[C@H](OC)[C@@H](C)C(=O)N[C@H](C)[C@@H](O)c1ccccc1)OC)N(C)C(=O)[C@@H](NC(=O)[C@H](C(C)C)N(C)C(=O)O[C@H]1/C=C/CC[C@@](C)(C(=O)NCCCCC(NC(=O)CCOCCOCCOCCOCCCC(=O)CCN2C(=O)CC(C(C)(C)C)C2=O)C(=O)CCCOCCOC)CC1)C(C)C. The fourth-order valence-corrected chi connectivity index (χ4v) is 15.1. The van der Waals surface area contributed by atoms with Crippen molar-refractivity contribution in [3.8, 4) is 0 Å². The van der Waals surface area contributed by atoms with Crippen molar-refractivity contribution in [3.63, 3.8) is 0 Å². The molecule has 1 aromatic rings. The number of unbranched alkanes of at least 4 members (excludes halogenated alkanes) is 1. The van der Waals surface area contributed by atoms with Crippen molar-refractivity contribution in [1.82, 2.24) is 40.9 Å². The van der Waals surface area contributed by atoms with Crippen LogP contribution in [-0.2, 0) is 90.6 Å². The zero-order valence-electron chi connectivity index (χ0n) is 71.7. The van der Waals surface area contributed by atoms with E-state index in [1.54, 1.807) is 69.9 Å². The van der Waals surface area contributed by atoms with Gasteiger partial charge in [0.25, 0.3) is 0 Å². The zero-order valence-corrected chi connectivity index (χ0v) is 71.7. The van der Waals surface area contributed by atoms with Crippen LogP contribution in [0, 0.1) is 40.4 Å². The van der Waals surface area contributed by atoms with Gasteiger partial charge in [-0.2, -0.15) is 0 Å². The van der Waals surface area contributed by atoms with Crippen LogP contribution in [0.4, 0.5) is 4.79 Å². The van der Waals surface area contributed by atoms with Crippen molar-refractivity contribution in [2.75, 3.05) is 128 Å². The van der Waals surface area contributed by atoms with E-state index in [9.17, 15) is 57.8 Å². The van der Waals surface area contributed by atoms with Gasteiger partial charge in [-0.1, -0.05) is 119 Å². The van der Waals surface area contributed by atoms with E-state index in [-0.39, 0.29) is 123 Å². The number of benzene rings is 1. The first-order valence-electron chi connectivity index (χ1n) is 41.6. The van der Waals surface area contributed by atoms with Crippen LogP contribution in [0.15, 0.2) is 42.5 Å². The van der Waals surface area contributed by atoms with Gasteiger partial charge in [0, 0.05) is 106 Å². The summed E-state index contributed by atoms with van der Waals surface area (Å²) in [6.07, 6.45) is 6.66. The number of aliphatic hydroxyl groups excluding tert-OH is 1. The molecule has 0 aromatic heterocycles. The number of hydrogen-bond acceptors (Lipinski definition) is 21. The highest BCUT2D eigenvalue weighted by Crippen LogP contribution is 2.37.